The topological polar surface area (TPSA) is 71.0 Å². The number of nitrogens with zero attached hydrogens (tertiary/aromatic N) is 1. The van der Waals surface area contributed by atoms with E-state index in [1.165, 1.54) is 26.2 Å². The molecule has 3 atom stereocenters. The molecule has 0 spiro atoms. The first-order valence-electron chi connectivity index (χ1n) is 9.14. The Labute approximate surface area is 149 Å². The number of carbonyl (C=O) groups excluding carboxylic acids is 1. The highest BCUT2D eigenvalue weighted by Gasteiger charge is 2.28. The minimum absolute atomic E-state index is 0.131. The number of hydrogen-bond donors (Lipinski definition) is 2. The van der Waals surface area contributed by atoms with Crippen LogP contribution in [0.15, 0.2) is 18.2 Å². The summed E-state index contributed by atoms with van der Waals surface area (Å²) >= 11 is 0. The van der Waals surface area contributed by atoms with Crippen molar-refractivity contribution in [2.24, 2.45) is 5.92 Å². The molecule has 138 valence electrons. The molecule has 6 nitrogen and oxygen atoms in total. The third-order valence-corrected chi connectivity index (χ3v) is 5.14. The van der Waals surface area contributed by atoms with Crippen LogP contribution in [0.3, 0.4) is 0 Å². The van der Waals surface area contributed by atoms with E-state index in [9.17, 15) is 9.90 Å². The van der Waals surface area contributed by atoms with Gasteiger partial charge >= 0.3 is 0 Å². The van der Waals surface area contributed by atoms with E-state index in [1.807, 2.05) is 6.07 Å². The molecule has 0 radical (unpaired) electrons. The lowest BCUT2D eigenvalue weighted by molar-refractivity contribution is -0.120. The fraction of sp³-hybridized carbons (Fsp3) is 0.632. The fourth-order valence-corrected chi connectivity index (χ4v) is 3.74. The van der Waals surface area contributed by atoms with E-state index in [4.69, 9.17) is 9.47 Å². The molecule has 3 rings (SSSR count). The number of fused-ring (bicyclic) bond motifs is 1. The van der Waals surface area contributed by atoms with Crippen LogP contribution in [0.1, 0.15) is 44.8 Å². The molecule has 1 amide bonds. The van der Waals surface area contributed by atoms with Gasteiger partial charge in [0.15, 0.2) is 11.5 Å². The van der Waals surface area contributed by atoms with Crippen LogP contribution in [0.25, 0.3) is 0 Å². The van der Waals surface area contributed by atoms with E-state index in [-0.39, 0.29) is 18.7 Å². The number of carbonyl (C=O) groups is 1. The maximum atomic E-state index is 11.7. The standard InChI is InChI=1S/C19H28N2O4/c1-3-14-5-4-8-21(10-14)11-16(20-13(2)22)19(23)15-6-7-17-18(9-15)25-12-24-17/h6-7,9,14,16,19,23H,3-5,8,10-12H2,1-2H3,(H,20,22). The number of hydrogen-bond acceptors (Lipinski definition) is 5. The van der Waals surface area contributed by atoms with Crippen LogP contribution in [0.5, 0.6) is 11.5 Å². The second-order valence-corrected chi connectivity index (χ2v) is 7.04. The van der Waals surface area contributed by atoms with Crippen molar-refractivity contribution in [3.63, 3.8) is 0 Å². The quantitative estimate of drug-likeness (QED) is 0.824. The van der Waals surface area contributed by atoms with Crippen LogP contribution in [0.2, 0.25) is 0 Å². The lowest BCUT2D eigenvalue weighted by atomic mass is 9.94. The summed E-state index contributed by atoms with van der Waals surface area (Å²) < 4.78 is 10.7. The van der Waals surface area contributed by atoms with E-state index in [0.717, 1.165) is 18.7 Å². The van der Waals surface area contributed by atoms with Gasteiger partial charge < -0.3 is 24.8 Å². The number of benzene rings is 1. The summed E-state index contributed by atoms with van der Waals surface area (Å²) in [6.45, 7) is 6.61. The molecule has 0 saturated carbocycles. The Balaban J connectivity index is 1.72. The summed E-state index contributed by atoms with van der Waals surface area (Å²) in [5, 5.41) is 13.8. The zero-order valence-electron chi connectivity index (χ0n) is 15.0. The van der Waals surface area contributed by atoms with Gasteiger partial charge in [-0.25, -0.2) is 0 Å². The minimum atomic E-state index is -0.791. The van der Waals surface area contributed by atoms with Crippen molar-refractivity contribution >= 4 is 5.91 Å². The zero-order chi connectivity index (χ0) is 17.8. The Morgan fingerprint density at radius 2 is 2.20 bits per heavy atom. The minimum Gasteiger partial charge on any atom is -0.454 e. The molecule has 1 aromatic rings. The number of likely N-dealkylation sites (tertiary alicyclic amines) is 1. The molecular weight excluding hydrogens is 320 g/mol. The van der Waals surface area contributed by atoms with E-state index in [2.05, 4.69) is 17.1 Å². The molecule has 2 heterocycles. The van der Waals surface area contributed by atoms with Crippen LogP contribution in [-0.4, -0.2) is 48.4 Å². The van der Waals surface area contributed by atoms with Crippen LogP contribution in [0, 0.1) is 5.92 Å². The second-order valence-electron chi connectivity index (χ2n) is 7.04. The number of aliphatic hydroxyl groups excluding tert-OH is 1. The molecule has 2 aliphatic rings. The first-order valence-corrected chi connectivity index (χ1v) is 9.14. The normalized spacial score (nSPS) is 22.4. The predicted octanol–water partition coefficient (Wildman–Crippen LogP) is 2.08. The zero-order valence-corrected chi connectivity index (χ0v) is 15.0. The van der Waals surface area contributed by atoms with Gasteiger partial charge in [0.2, 0.25) is 12.7 Å². The van der Waals surface area contributed by atoms with Crippen molar-refractivity contribution in [3.8, 4) is 11.5 Å². The van der Waals surface area contributed by atoms with Crippen molar-refractivity contribution in [1.29, 1.82) is 0 Å². The average Bonchev–Trinajstić information content (AvgIpc) is 3.08. The lowest BCUT2D eigenvalue weighted by Crippen LogP contribution is -2.49. The highest BCUT2D eigenvalue weighted by atomic mass is 16.7. The van der Waals surface area contributed by atoms with Gasteiger partial charge in [-0.05, 0) is 43.0 Å². The van der Waals surface area contributed by atoms with Crippen LogP contribution in [-0.2, 0) is 4.79 Å². The molecular formula is C19H28N2O4. The molecule has 2 aliphatic heterocycles. The van der Waals surface area contributed by atoms with Crippen molar-refractivity contribution in [2.45, 2.75) is 45.3 Å². The predicted molar refractivity (Wildman–Crippen MR) is 94.6 cm³/mol. The highest BCUT2D eigenvalue weighted by molar-refractivity contribution is 5.73. The van der Waals surface area contributed by atoms with Gasteiger partial charge in [-0.15, -0.1) is 0 Å². The Bertz CT molecular complexity index is 607. The number of amides is 1. The maximum absolute atomic E-state index is 11.7. The van der Waals surface area contributed by atoms with Gasteiger partial charge in [0.25, 0.3) is 0 Å². The monoisotopic (exact) mass is 348 g/mol. The van der Waals surface area contributed by atoms with Crippen molar-refractivity contribution in [2.75, 3.05) is 26.4 Å². The molecule has 0 aliphatic carbocycles. The van der Waals surface area contributed by atoms with Gasteiger partial charge in [0.05, 0.1) is 6.04 Å². The molecule has 1 saturated heterocycles. The molecule has 0 bridgehead atoms. The van der Waals surface area contributed by atoms with Crippen LogP contribution in [0.4, 0.5) is 0 Å². The van der Waals surface area contributed by atoms with E-state index >= 15 is 0 Å². The Kier molecular flexibility index (Phi) is 5.81. The third-order valence-electron chi connectivity index (χ3n) is 5.14. The molecule has 0 aromatic heterocycles. The summed E-state index contributed by atoms with van der Waals surface area (Å²) in [4.78, 5) is 14.0. The van der Waals surface area contributed by atoms with Gasteiger partial charge in [0.1, 0.15) is 6.10 Å². The summed E-state index contributed by atoms with van der Waals surface area (Å²) in [6, 6.07) is 5.08. The number of aliphatic hydroxyl groups is 1. The van der Waals surface area contributed by atoms with Gasteiger partial charge in [-0.1, -0.05) is 19.4 Å². The molecule has 3 unspecified atom stereocenters. The van der Waals surface area contributed by atoms with Crippen molar-refractivity contribution in [1.82, 2.24) is 10.2 Å². The Hall–Kier alpha value is -1.79. The number of rotatable bonds is 6. The van der Waals surface area contributed by atoms with Gasteiger partial charge in [-0.3, -0.25) is 4.79 Å². The molecule has 6 heteroatoms. The average molecular weight is 348 g/mol. The summed E-state index contributed by atoms with van der Waals surface area (Å²) in [6.07, 6.45) is 2.82. The van der Waals surface area contributed by atoms with Crippen molar-refractivity contribution < 1.29 is 19.4 Å². The van der Waals surface area contributed by atoms with Crippen LogP contribution >= 0.6 is 0 Å². The third kappa shape index (κ3) is 4.44. The molecule has 25 heavy (non-hydrogen) atoms. The number of nitrogens with one attached hydrogen (secondary N) is 1. The molecule has 2 N–H and O–H groups in total. The maximum Gasteiger partial charge on any atom is 0.231 e. The van der Waals surface area contributed by atoms with E-state index in [1.54, 1.807) is 12.1 Å². The van der Waals surface area contributed by atoms with E-state index in [0.29, 0.717) is 24.0 Å². The lowest BCUT2D eigenvalue weighted by Gasteiger charge is -2.36. The van der Waals surface area contributed by atoms with Crippen molar-refractivity contribution in [3.05, 3.63) is 23.8 Å². The summed E-state index contributed by atoms with van der Waals surface area (Å²) in [5.41, 5.74) is 0.729. The highest BCUT2D eigenvalue weighted by Crippen LogP contribution is 2.35. The largest absolute Gasteiger partial charge is 0.454 e. The number of ether oxygens (including phenoxy) is 2. The SMILES string of the molecule is CCC1CCCN(CC(NC(C)=O)C(O)c2ccc3c(c2)OCO3)C1. The van der Waals surface area contributed by atoms with E-state index < -0.39 is 6.10 Å². The number of piperidine rings is 1. The first-order chi connectivity index (χ1) is 12.1. The molecule has 1 aromatic carbocycles. The smallest absolute Gasteiger partial charge is 0.231 e. The van der Waals surface area contributed by atoms with Gasteiger partial charge in [0, 0.05) is 20.0 Å². The summed E-state index contributed by atoms with van der Waals surface area (Å²) in [5.74, 6) is 1.90. The fourth-order valence-electron chi connectivity index (χ4n) is 3.74. The van der Waals surface area contributed by atoms with Crippen LogP contribution < -0.4 is 14.8 Å². The molecule has 1 fully saturated rings. The summed E-state index contributed by atoms with van der Waals surface area (Å²) in [7, 11) is 0. The second kappa shape index (κ2) is 8.06. The van der Waals surface area contributed by atoms with Gasteiger partial charge in [-0.2, -0.15) is 0 Å². The Morgan fingerprint density at radius 3 is 2.96 bits per heavy atom. The first kappa shape index (κ1) is 18.0. The Morgan fingerprint density at radius 1 is 1.40 bits per heavy atom.